The van der Waals surface area contributed by atoms with Crippen molar-refractivity contribution < 1.29 is 22.4 Å². The van der Waals surface area contributed by atoms with Crippen LogP contribution in [0.4, 0.5) is 10.1 Å². The largest absolute Gasteiger partial charge is 0.343 e. The maximum absolute atomic E-state index is 13.0. The first kappa shape index (κ1) is 22.2. The normalized spacial score (nSPS) is 12.1. The molecule has 160 valence electrons. The average Bonchev–Trinajstić information content (AvgIpc) is 2.75. The smallest absolute Gasteiger partial charge is 0.261 e. The van der Waals surface area contributed by atoms with E-state index in [4.69, 9.17) is 0 Å². The molecule has 0 aromatic heterocycles. The molecule has 0 spiro atoms. The number of amides is 1. The zero-order valence-corrected chi connectivity index (χ0v) is 17.5. The average molecular weight is 440 g/mol. The van der Waals surface area contributed by atoms with Gasteiger partial charge in [-0.3, -0.25) is 14.3 Å². The van der Waals surface area contributed by atoms with Crippen molar-refractivity contribution in [3.05, 3.63) is 95.8 Å². The van der Waals surface area contributed by atoms with Crippen LogP contribution in [0.2, 0.25) is 0 Å². The van der Waals surface area contributed by atoms with Crippen LogP contribution in [0, 0.1) is 5.82 Å². The Bertz CT molecular complexity index is 1160. The van der Waals surface area contributed by atoms with Crippen LogP contribution < -0.4 is 10.0 Å². The summed E-state index contributed by atoms with van der Waals surface area (Å²) in [5.41, 5.74) is 1.39. The second-order valence-electron chi connectivity index (χ2n) is 6.96. The summed E-state index contributed by atoms with van der Waals surface area (Å²) < 4.78 is 40.1. The lowest BCUT2D eigenvalue weighted by Crippen LogP contribution is -2.39. The standard InChI is InChI=1S/C23H21FN2O4S/c1-16(22(27)15-17-5-3-2-4-6-17)25-23(28)18-7-11-20(12-8-18)26-31(29,30)21-13-9-19(24)10-14-21/h2-14,16,26H,15H2,1H3,(H,25,28)/t16-/m0/s1. The van der Waals surface area contributed by atoms with E-state index >= 15 is 0 Å². The molecule has 0 unspecified atom stereocenters. The maximum atomic E-state index is 13.0. The van der Waals surface area contributed by atoms with Gasteiger partial charge in [0.05, 0.1) is 10.9 Å². The Morgan fingerprint density at radius 3 is 2.13 bits per heavy atom. The van der Waals surface area contributed by atoms with Gasteiger partial charge in [-0.1, -0.05) is 30.3 Å². The van der Waals surface area contributed by atoms with Gasteiger partial charge in [-0.2, -0.15) is 0 Å². The molecule has 0 heterocycles. The van der Waals surface area contributed by atoms with Gasteiger partial charge in [-0.25, -0.2) is 12.8 Å². The van der Waals surface area contributed by atoms with E-state index in [1.54, 1.807) is 6.92 Å². The Morgan fingerprint density at radius 1 is 0.903 bits per heavy atom. The molecule has 0 aliphatic carbocycles. The van der Waals surface area contributed by atoms with E-state index in [2.05, 4.69) is 10.0 Å². The number of nitrogens with one attached hydrogen (secondary N) is 2. The molecular weight excluding hydrogens is 419 g/mol. The molecule has 3 rings (SSSR count). The number of carbonyl (C=O) groups is 2. The Hall–Kier alpha value is -3.52. The molecule has 1 atom stereocenters. The minimum absolute atomic E-state index is 0.0820. The van der Waals surface area contributed by atoms with Crippen LogP contribution in [0.3, 0.4) is 0 Å². The summed E-state index contributed by atoms with van der Waals surface area (Å²) in [6.45, 7) is 1.62. The molecule has 0 radical (unpaired) electrons. The molecule has 0 fully saturated rings. The summed E-state index contributed by atoms with van der Waals surface area (Å²) in [5.74, 6) is -1.10. The van der Waals surface area contributed by atoms with Crippen molar-refractivity contribution in [1.29, 1.82) is 0 Å². The van der Waals surface area contributed by atoms with Crippen molar-refractivity contribution in [2.24, 2.45) is 0 Å². The third kappa shape index (κ3) is 5.99. The van der Waals surface area contributed by atoms with Crippen LogP contribution in [0.15, 0.2) is 83.8 Å². The zero-order valence-electron chi connectivity index (χ0n) is 16.7. The fraction of sp³-hybridized carbons (Fsp3) is 0.130. The van der Waals surface area contributed by atoms with Crippen LogP contribution in [0.25, 0.3) is 0 Å². The van der Waals surface area contributed by atoms with Crippen molar-refractivity contribution in [2.75, 3.05) is 4.72 Å². The number of hydrogen-bond donors (Lipinski definition) is 2. The number of sulfonamides is 1. The van der Waals surface area contributed by atoms with Gasteiger partial charge in [-0.15, -0.1) is 0 Å². The summed E-state index contributed by atoms with van der Waals surface area (Å²) in [4.78, 5) is 24.7. The molecule has 0 saturated heterocycles. The second kappa shape index (κ2) is 9.53. The summed E-state index contributed by atoms with van der Waals surface area (Å²) in [7, 11) is -3.89. The number of carbonyl (C=O) groups excluding carboxylic acids is 2. The van der Waals surface area contributed by atoms with E-state index in [0.717, 1.165) is 29.8 Å². The highest BCUT2D eigenvalue weighted by atomic mass is 32.2. The first-order valence-electron chi connectivity index (χ1n) is 9.50. The van der Waals surface area contributed by atoms with Gasteiger partial charge in [0.15, 0.2) is 5.78 Å². The zero-order chi connectivity index (χ0) is 22.4. The van der Waals surface area contributed by atoms with Crippen molar-refractivity contribution in [1.82, 2.24) is 5.32 Å². The van der Waals surface area contributed by atoms with Crippen molar-refractivity contribution in [3.63, 3.8) is 0 Å². The Morgan fingerprint density at radius 2 is 1.52 bits per heavy atom. The monoisotopic (exact) mass is 440 g/mol. The summed E-state index contributed by atoms with van der Waals surface area (Å²) in [6.07, 6.45) is 0.215. The predicted octanol–water partition coefficient (Wildman–Crippen LogP) is 3.56. The Balaban J connectivity index is 1.60. The molecule has 3 aromatic rings. The minimum atomic E-state index is -3.89. The highest BCUT2D eigenvalue weighted by molar-refractivity contribution is 7.92. The highest BCUT2D eigenvalue weighted by Gasteiger charge is 2.18. The van der Waals surface area contributed by atoms with Gasteiger partial charge < -0.3 is 5.32 Å². The lowest BCUT2D eigenvalue weighted by atomic mass is 10.0. The number of Topliss-reactive ketones (excluding diaryl/α,β-unsaturated/α-hetero) is 1. The van der Waals surface area contributed by atoms with E-state index in [-0.39, 0.29) is 28.4 Å². The van der Waals surface area contributed by atoms with E-state index in [9.17, 15) is 22.4 Å². The quantitative estimate of drug-likeness (QED) is 0.560. The number of ketones is 1. The van der Waals surface area contributed by atoms with Gasteiger partial charge in [0.1, 0.15) is 5.82 Å². The lowest BCUT2D eigenvalue weighted by Gasteiger charge is -2.13. The lowest BCUT2D eigenvalue weighted by molar-refractivity contribution is -0.119. The minimum Gasteiger partial charge on any atom is -0.343 e. The number of hydrogen-bond acceptors (Lipinski definition) is 4. The van der Waals surface area contributed by atoms with E-state index in [1.165, 1.54) is 24.3 Å². The fourth-order valence-corrected chi connectivity index (χ4v) is 3.89. The maximum Gasteiger partial charge on any atom is 0.261 e. The van der Waals surface area contributed by atoms with Crippen molar-refractivity contribution in [2.45, 2.75) is 24.3 Å². The van der Waals surface area contributed by atoms with Gasteiger partial charge in [0.2, 0.25) is 0 Å². The van der Waals surface area contributed by atoms with Crippen LogP contribution >= 0.6 is 0 Å². The molecule has 6 nitrogen and oxygen atoms in total. The molecule has 3 aromatic carbocycles. The Kier molecular flexibility index (Phi) is 6.81. The van der Waals surface area contributed by atoms with Gasteiger partial charge in [-0.05, 0) is 61.0 Å². The van der Waals surface area contributed by atoms with Gasteiger partial charge in [0, 0.05) is 17.7 Å². The number of rotatable bonds is 8. The number of anilines is 1. The van der Waals surface area contributed by atoms with E-state index in [0.29, 0.717) is 0 Å². The third-order valence-electron chi connectivity index (χ3n) is 4.57. The van der Waals surface area contributed by atoms with Crippen molar-refractivity contribution >= 4 is 27.4 Å². The highest BCUT2D eigenvalue weighted by Crippen LogP contribution is 2.17. The van der Waals surface area contributed by atoms with Gasteiger partial charge >= 0.3 is 0 Å². The summed E-state index contributed by atoms with van der Waals surface area (Å²) in [5, 5.41) is 2.65. The van der Waals surface area contributed by atoms with Crippen LogP contribution in [0.5, 0.6) is 0 Å². The molecule has 0 aliphatic heterocycles. The molecule has 31 heavy (non-hydrogen) atoms. The summed E-state index contributed by atoms with van der Waals surface area (Å²) in [6, 6.07) is 18.8. The third-order valence-corrected chi connectivity index (χ3v) is 5.97. The molecule has 8 heteroatoms. The second-order valence-corrected chi connectivity index (χ2v) is 8.64. The van der Waals surface area contributed by atoms with Gasteiger partial charge in [0.25, 0.3) is 15.9 Å². The molecular formula is C23H21FN2O4S. The van der Waals surface area contributed by atoms with Crippen LogP contribution in [0.1, 0.15) is 22.8 Å². The predicted molar refractivity (Wildman–Crippen MR) is 116 cm³/mol. The van der Waals surface area contributed by atoms with Crippen molar-refractivity contribution in [3.8, 4) is 0 Å². The molecule has 0 aliphatic rings. The molecule has 0 bridgehead atoms. The SMILES string of the molecule is C[C@H](NC(=O)c1ccc(NS(=O)(=O)c2ccc(F)cc2)cc1)C(=O)Cc1ccccc1. The van der Waals surface area contributed by atoms with E-state index in [1.807, 2.05) is 30.3 Å². The summed E-state index contributed by atoms with van der Waals surface area (Å²) >= 11 is 0. The molecule has 2 N–H and O–H groups in total. The topological polar surface area (TPSA) is 92.3 Å². The number of benzene rings is 3. The molecule has 0 saturated carbocycles. The number of halogens is 1. The van der Waals surface area contributed by atoms with Crippen LogP contribution in [-0.4, -0.2) is 26.2 Å². The fourth-order valence-electron chi connectivity index (χ4n) is 2.83. The van der Waals surface area contributed by atoms with E-state index < -0.39 is 27.8 Å². The van der Waals surface area contributed by atoms with Crippen LogP contribution in [-0.2, 0) is 21.2 Å². The molecule has 1 amide bonds. The first-order valence-corrected chi connectivity index (χ1v) is 11.0. The first-order chi connectivity index (χ1) is 14.7. The Labute approximate surface area is 180 Å².